The Hall–Kier alpha value is -3.51. The third kappa shape index (κ3) is 4.65. The van der Waals surface area contributed by atoms with Gasteiger partial charge in [-0.15, -0.1) is 11.3 Å². The molecule has 0 amide bonds. The number of thiophene rings is 1. The zero-order chi connectivity index (χ0) is 24.5. The first-order valence-electron chi connectivity index (χ1n) is 12.8. The van der Waals surface area contributed by atoms with Crippen molar-refractivity contribution in [1.82, 2.24) is 14.6 Å². The average molecular weight is 496 g/mol. The van der Waals surface area contributed by atoms with Gasteiger partial charge in [0, 0.05) is 27.9 Å². The second kappa shape index (κ2) is 9.86. The fourth-order valence-corrected chi connectivity index (χ4v) is 5.95. The third-order valence-electron chi connectivity index (χ3n) is 7.06. The number of rotatable bonds is 10. The van der Waals surface area contributed by atoms with Crippen LogP contribution in [0.2, 0.25) is 0 Å². The summed E-state index contributed by atoms with van der Waals surface area (Å²) in [6.45, 7) is 0. The van der Waals surface area contributed by atoms with Gasteiger partial charge < -0.3 is 5.11 Å². The van der Waals surface area contributed by atoms with Crippen molar-refractivity contribution in [2.75, 3.05) is 0 Å². The van der Waals surface area contributed by atoms with E-state index in [0.717, 1.165) is 65.0 Å². The first kappa shape index (κ1) is 22.9. The summed E-state index contributed by atoms with van der Waals surface area (Å²) in [5, 5.41) is 16.2. The monoisotopic (exact) mass is 495 g/mol. The van der Waals surface area contributed by atoms with Gasteiger partial charge in [-0.3, -0.25) is 4.79 Å². The van der Waals surface area contributed by atoms with Gasteiger partial charge >= 0.3 is 0 Å². The molecule has 0 radical (unpaired) electrons. The van der Waals surface area contributed by atoms with Gasteiger partial charge in [-0.2, -0.15) is 5.10 Å². The molecule has 0 aliphatic heterocycles. The van der Waals surface area contributed by atoms with E-state index in [1.165, 1.54) is 23.1 Å². The van der Waals surface area contributed by atoms with E-state index < -0.39 is 0 Å². The molecule has 182 valence electrons. The van der Waals surface area contributed by atoms with Gasteiger partial charge in [-0.1, -0.05) is 43.2 Å². The summed E-state index contributed by atoms with van der Waals surface area (Å²) in [6, 6.07) is 19.7. The molecular formula is C30H29N3O2S. The number of aryl methyl sites for hydroxylation is 1. The van der Waals surface area contributed by atoms with Crippen LogP contribution in [0.5, 0.6) is 5.75 Å². The number of benzene rings is 2. The zero-order valence-corrected chi connectivity index (χ0v) is 21.0. The predicted molar refractivity (Wildman–Crippen MR) is 145 cm³/mol. The van der Waals surface area contributed by atoms with E-state index in [2.05, 4.69) is 23.3 Å². The number of hydrogen-bond donors (Lipinski definition) is 1. The number of phenols is 1. The number of para-hydroxylation sites is 1. The fraction of sp³-hybridized carbons (Fsp3) is 0.300. The minimum atomic E-state index is 0.246. The molecule has 2 aromatic carbocycles. The molecule has 1 aliphatic carbocycles. The fourth-order valence-electron chi connectivity index (χ4n) is 4.92. The molecule has 0 unspecified atom stereocenters. The van der Waals surface area contributed by atoms with Gasteiger partial charge in [0.15, 0.2) is 11.4 Å². The van der Waals surface area contributed by atoms with Crippen molar-refractivity contribution in [3.05, 3.63) is 83.0 Å². The highest BCUT2D eigenvalue weighted by atomic mass is 32.1. The number of ketones is 1. The van der Waals surface area contributed by atoms with E-state index >= 15 is 0 Å². The van der Waals surface area contributed by atoms with Gasteiger partial charge in [-0.25, -0.2) is 9.50 Å². The molecule has 3 heterocycles. The minimum Gasteiger partial charge on any atom is -0.507 e. The van der Waals surface area contributed by atoms with Gasteiger partial charge in [0.25, 0.3) is 0 Å². The van der Waals surface area contributed by atoms with E-state index in [-0.39, 0.29) is 11.5 Å². The number of Topliss-reactive ketones (excluding diaryl/α,β-unsaturated/α-hetero) is 1. The smallest absolute Gasteiger partial charge is 0.172 e. The number of aromatic hydroxyl groups is 1. The average Bonchev–Trinajstić information content (AvgIpc) is 3.49. The number of carbonyl (C=O) groups excluding carboxylic acids is 1. The number of unbranched alkanes of at least 4 members (excludes halogenated alkanes) is 3. The molecule has 6 heteroatoms. The quantitative estimate of drug-likeness (QED) is 0.160. The number of nitrogens with zero attached hydrogens (tertiary/aromatic N) is 3. The molecule has 3 aromatic heterocycles. The molecule has 0 atom stereocenters. The number of carbonyl (C=O) groups is 1. The molecule has 1 aliphatic rings. The van der Waals surface area contributed by atoms with Gasteiger partial charge in [0.2, 0.25) is 0 Å². The maximum absolute atomic E-state index is 12.6. The van der Waals surface area contributed by atoms with Crippen molar-refractivity contribution in [2.45, 2.75) is 57.3 Å². The molecule has 5 nitrogen and oxygen atoms in total. The molecule has 1 saturated carbocycles. The van der Waals surface area contributed by atoms with Crippen LogP contribution in [0.1, 0.15) is 71.8 Å². The zero-order valence-electron chi connectivity index (χ0n) is 20.2. The Kier molecular flexibility index (Phi) is 6.28. The first-order valence-corrected chi connectivity index (χ1v) is 13.7. The second-order valence-corrected chi connectivity index (χ2v) is 10.8. The van der Waals surface area contributed by atoms with E-state index in [1.54, 1.807) is 17.4 Å². The predicted octanol–water partition coefficient (Wildman–Crippen LogP) is 7.57. The maximum Gasteiger partial charge on any atom is 0.172 e. The largest absolute Gasteiger partial charge is 0.507 e. The molecule has 5 aromatic rings. The van der Waals surface area contributed by atoms with E-state index in [9.17, 15) is 9.90 Å². The lowest BCUT2D eigenvalue weighted by molar-refractivity contribution is 0.0983. The number of fused-ring (bicyclic) bond motifs is 2. The van der Waals surface area contributed by atoms with Gasteiger partial charge in [-0.05, 0) is 73.7 Å². The van der Waals surface area contributed by atoms with Crippen LogP contribution >= 0.6 is 11.3 Å². The van der Waals surface area contributed by atoms with Crippen molar-refractivity contribution in [1.29, 1.82) is 0 Å². The topological polar surface area (TPSA) is 67.5 Å². The summed E-state index contributed by atoms with van der Waals surface area (Å²) in [6.07, 6.45) is 9.88. The summed E-state index contributed by atoms with van der Waals surface area (Å²) in [5.74, 6) is 1.06. The standard InChI is InChI=1S/C30H29N3O2S/c34-26-12-7-6-11-23(26)25-18-22(33-30(32-25)24(19-31-33)20-15-16-20)10-3-1-2-4-13-27(35)29-17-21-9-5-8-14-28(21)36-29/h5-9,11-12,14,17-20,34H,1-4,10,13,15-16H2. The van der Waals surface area contributed by atoms with Crippen molar-refractivity contribution >= 4 is 32.9 Å². The van der Waals surface area contributed by atoms with Crippen LogP contribution in [0, 0.1) is 0 Å². The normalized spacial score (nSPS) is 13.6. The highest BCUT2D eigenvalue weighted by Crippen LogP contribution is 2.42. The molecule has 1 fully saturated rings. The van der Waals surface area contributed by atoms with Crippen LogP contribution < -0.4 is 0 Å². The highest BCUT2D eigenvalue weighted by molar-refractivity contribution is 7.20. The maximum atomic E-state index is 12.6. The highest BCUT2D eigenvalue weighted by Gasteiger charge is 2.28. The molecular weight excluding hydrogens is 466 g/mol. The van der Waals surface area contributed by atoms with Crippen LogP contribution in [0.25, 0.3) is 27.0 Å². The third-order valence-corrected chi connectivity index (χ3v) is 8.21. The Morgan fingerprint density at radius 1 is 1.00 bits per heavy atom. The molecule has 0 saturated heterocycles. The number of hydrogen-bond acceptors (Lipinski definition) is 5. The Labute approximate surface area is 214 Å². The van der Waals surface area contributed by atoms with Crippen LogP contribution in [-0.2, 0) is 6.42 Å². The molecule has 0 spiro atoms. The lowest BCUT2D eigenvalue weighted by Crippen LogP contribution is -2.03. The van der Waals surface area contributed by atoms with Crippen LogP contribution in [-0.4, -0.2) is 25.5 Å². The first-order chi connectivity index (χ1) is 17.7. The van der Waals surface area contributed by atoms with Crippen LogP contribution in [0.4, 0.5) is 0 Å². The Morgan fingerprint density at radius 3 is 2.64 bits per heavy atom. The number of phenolic OH excluding ortho intramolecular Hbond substituents is 1. The van der Waals surface area contributed by atoms with Gasteiger partial charge in [0.1, 0.15) is 5.75 Å². The summed E-state index contributed by atoms with van der Waals surface area (Å²) < 4.78 is 3.17. The van der Waals surface area contributed by atoms with Crippen molar-refractivity contribution in [3.8, 4) is 17.0 Å². The van der Waals surface area contributed by atoms with E-state index in [4.69, 9.17) is 4.98 Å². The molecule has 6 rings (SSSR count). The number of aromatic nitrogens is 3. The molecule has 0 bridgehead atoms. The minimum absolute atomic E-state index is 0.246. The summed E-state index contributed by atoms with van der Waals surface area (Å²) in [4.78, 5) is 18.4. The summed E-state index contributed by atoms with van der Waals surface area (Å²) in [5.41, 5.74) is 4.80. The lowest BCUT2D eigenvalue weighted by atomic mass is 10.0. The molecule has 36 heavy (non-hydrogen) atoms. The Bertz CT molecular complexity index is 1510. The summed E-state index contributed by atoms with van der Waals surface area (Å²) in [7, 11) is 0. The van der Waals surface area contributed by atoms with Crippen LogP contribution in [0.15, 0.2) is 66.9 Å². The van der Waals surface area contributed by atoms with Gasteiger partial charge in [0.05, 0.1) is 16.8 Å². The Balaban J connectivity index is 1.10. The van der Waals surface area contributed by atoms with E-state index in [1.807, 2.05) is 47.1 Å². The lowest BCUT2D eigenvalue weighted by Gasteiger charge is -2.10. The van der Waals surface area contributed by atoms with Crippen molar-refractivity contribution in [3.63, 3.8) is 0 Å². The second-order valence-electron chi connectivity index (χ2n) is 9.75. The molecule has 1 N–H and O–H groups in total. The summed E-state index contributed by atoms with van der Waals surface area (Å²) >= 11 is 1.60. The van der Waals surface area contributed by atoms with Crippen molar-refractivity contribution in [2.24, 2.45) is 0 Å². The SMILES string of the molecule is O=C(CCCCCCc1cc(-c2ccccc2O)nc2c(C3CC3)cnn12)c1cc2ccccc2s1. The Morgan fingerprint density at radius 2 is 1.81 bits per heavy atom. The van der Waals surface area contributed by atoms with E-state index in [0.29, 0.717) is 12.3 Å². The van der Waals surface area contributed by atoms with Crippen molar-refractivity contribution < 1.29 is 9.90 Å². The van der Waals surface area contributed by atoms with Crippen LogP contribution in [0.3, 0.4) is 0 Å².